The molecule has 1 rings (SSSR count). The molecule has 0 fully saturated rings. The molecule has 0 aliphatic heterocycles. The van der Waals surface area contributed by atoms with Gasteiger partial charge in [-0.15, -0.1) is 6.58 Å². The average molecular weight is 203 g/mol. The van der Waals surface area contributed by atoms with Crippen molar-refractivity contribution in [2.45, 2.75) is 25.7 Å². The molecule has 0 aromatic heterocycles. The van der Waals surface area contributed by atoms with Crippen LogP contribution in [0.2, 0.25) is 0 Å². The van der Waals surface area contributed by atoms with E-state index in [-0.39, 0.29) is 5.92 Å². The predicted molar refractivity (Wildman–Crippen MR) is 65.4 cm³/mol. The average Bonchev–Trinajstić information content (AvgIpc) is 2.27. The van der Waals surface area contributed by atoms with Crippen molar-refractivity contribution >= 4 is 0 Å². The molecule has 0 amide bonds. The van der Waals surface area contributed by atoms with E-state index in [1.165, 1.54) is 5.56 Å². The molecule has 1 nitrogen and oxygen atoms in total. The molecule has 1 radical (unpaired) electrons. The van der Waals surface area contributed by atoms with Gasteiger partial charge in [0.2, 0.25) is 0 Å². The highest BCUT2D eigenvalue weighted by atomic mass is 16.5. The highest BCUT2D eigenvalue weighted by Crippen LogP contribution is 2.27. The lowest BCUT2D eigenvalue weighted by Gasteiger charge is -2.13. The molecule has 1 heteroatoms. The topological polar surface area (TPSA) is 9.23 Å². The standard InChI is InChI=1S/C14H19O/c1-6-11(4)13-7-12(10(2)3)8-14(9-13)15-5/h6-11H,1,4H2,2-3,5H3. The van der Waals surface area contributed by atoms with Gasteiger partial charge < -0.3 is 4.74 Å². The zero-order valence-corrected chi connectivity index (χ0v) is 9.79. The molecule has 1 atom stereocenters. The SMILES string of the molecule is [CH2]C(C=C)c1cc(OC)cc(C(C)C)c1. The van der Waals surface area contributed by atoms with Crippen LogP contribution in [0, 0.1) is 6.92 Å². The Hall–Kier alpha value is -1.24. The molecular weight excluding hydrogens is 184 g/mol. The number of ether oxygens (including phenoxy) is 1. The van der Waals surface area contributed by atoms with Crippen molar-refractivity contribution < 1.29 is 4.74 Å². The Morgan fingerprint density at radius 2 is 1.80 bits per heavy atom. The van der Waals surface area contributed by atoms with Gasteiger partial charge >= 0.3 is 0 Å². The Bertz CT molecular complexity index is 339. The van der Waals surface area contributed by atoms with Crippen molar-refractivity contribution in [2.24, 2.45) is 0 Å². The van der Waals surface area contributed by atoms with Crippen molar-refractivity contribution in [3.05, 3.63) is 48.9 Å². The van der Waals surface area contributed by atoms with Crippen LogP contribution in [0.3, 0.4) is 0 Å². The molecule has 0 N–H and O–H groups in total. The number of allylic oxidation sites excluding steroid dienone is 1. The summed E-state index contributed by atoms with van der Waals surface area (Å²) in [6, 6.07) is 6.27. The van der Waals surface area contributed by atoms with E-state index >= 15 is 0 Å². The lowest BCUT2D eigenvalue weighted by atomic mass is 9.94. The Balaban J connectivity index is 3.16. The summed E-state index contributed by atoms with van der Waals surface area (Å²) < 4.78 is 5.28. The molecule has 1 aromatic rings. The monoisotopic (exact) mass is 203 g/mol. The predicted octanol–water partition coefficient (Wildman–Crippen LogP) is 3.92. The third-order valence-electron chi connectivity index (χ3n) is 2.57. The van der Waals surface area contributed by atoms with Gasteiger partial charge in [0.25, 0.3) is 0 Å². The zero-order chi connectivity index (χ0) is 11.4. The van der Waals surface area contributed by atoms with E-state index in [9.17, 15) is 0 Å². The number of hydrogen-bond donors (Lipinski definition) is 0. The number of benzene rings is 1. The maximum absolute atomic E-state index is 5.28. The second-order valence-corrected chi connectivity index (χ2v) is 4.04. The minimum absolute atomic E-state index is 0.123. The summed E-state index contributed by atoms with van der Waals surface area (Å²) in [7, 11) is 1.69. The molecule has 1 unspecified atom stereocenters. The van der Waals surface area contributed by atoms with Gasteiger partial charge in [0, 0.05) is 5.92 Å². The third kappa shape index (κ3) is 2.85. The number of methoxy groups -OCH3 is 1. The summed E-state index contributed by atoms with van der Waals surface area (Å²) in [5.41, 5.74) is 2.44. The van der Waals surface area contributed by atoms with E-state index in [0.717, 1.165) is 11.3 Å². The maximum Gasteiger partial charge on any atom is 0.119 e. The highest BCUT2D eigenvalue weighted by Gasteiger charge is 2.07. The van der Waals surface area contributed by atoms with Crippen LogP contribution in [0.15, 0.2) is 30.9 Å². The Labute approximate surface area is 92.8 Å². The summed E-state index contributed by atoms with van der Waals surface area (Å²) in [4.78, 5) is 0. The molecule has 0 heterocycles. The molecule has 81 valence electrons. The van der Waals surface area contributed by atoms with E-state index in [4.69, 9.17) is 4.74 Å². The minimum Gasteiger partial charge on any atom is -0.497 e. The molecule has 0 bridgehead atoms. The fourth-order valence-electron chi connectivity index (χ4n) is 1.45. The first-order chi connectivity index (χ1) is 7.08. The van der Waals surface area contributed by atoms with Crippen molar-refractivity contribution in [1.29, 1.82) is 0 Å². The molecule has 0 spiro atoms. The molecule has 0 saturated carbocycles. The molecule has 0 aliphatic carbocycles. The molecule has 0 aliphatic rings. The normalized spacial score (nSPS) is 12.6. The molecule has 1 aromatic carbocycles. The number of hydrogen-bond acceptors (Lipinski definition) is 1. The van der Waals surface area contributed by atoms with E-state index < -0.39 is 0 Å². The minimum atomic E-state index is 0.123. The first kappa shape index (κ1) is 11.8. The Kier molecular flexibility index (Phi) is 3.96. The van der Waals surface area contributed by atoms with Gasteiger partial charge in [-0.3, -0.25) is 0 Å². The van der Waals surface area contributed by atoms with Crippen LogP contribution in [0.1, 0.15) is 36.8 Å². The third-order valence-corrected chi connectivity index (χ3v) is 2.57. The van der Waals surface area contributed by atoms with Crippen molar-refractivity contribution in [3.63, 3.8) is 0 Å². The lowest BCUT2D eigenvalue weighted by molar-refractivity contribution is 0.413. The van der Waals surface area contributed by atoms with Crippen LogP contribution in [0.5, 0.6) is 5.75 Å². The molecule has 0 saturated heterocycles. The Morgan fingerprint density at radius 3 is 2.27 bits per heavy atom. The van der Waals surface area contributed by atoms with Gasteiger partial charge in [-0.1, -0.05) is 26.0 Å². The lowest BCUT2D eigenvalue weighted by Crippen LogP contribution is -1.96. The van der Waals surface area contributed by atoms with Gasteiger partial charge in [-0.05, 0) is 36.1 Å². The van der Waals surface area contributed by atoms with Gasteiger partial charge in [0.1, 0.15) is 5.75 Å². The van der Waals surface area contributed by atoms with E-state index in [1.54, 1.807) is 7.11 Å². The highest BCUT2D eigenvalue weighted by molar-refractivity contribution is 5.39. The summed E-state index contributed by atoms with van der Waals surface area (Å²) in [5.74, 6) is 1.51. The van der Waals surface area contributed by atoms with Crippen molar-refractivity contribution in [1.82, 2.24) is 0 Å². The second-order valence-electron chi connectivity index (χ2n) is 4.04. The maximum atomic E-state index is 5.28. The van der Waals surface area contributed by atoms with Crippen LogP contribution in [-0.4, -0.2) is 7.11 Å². The van der Waals surface area contributed by atoms with Crippen LogP contribution < -0.4 is 4.74 Å². The van der Waals surface area contributed by atoms with Crippen LogP contribution in [0.25, 0.3) is 0 Å². The van der Waals surface area contributed by atoms with Crippen LogP contribution >= 0.6 is 0 Å². The summed E-state index contributed by atoms with van der Waals surface area (Å²) in [6.45, 7) is 12.1. The quantitative estimate of drug-likeness (QED) is 0.674. The second kappa shape index (κ2) is 5.01. The zero-order valence-electron chi connectivity index (χ0n) is 9.79. The fourth-order valence-corrected chi connectivity index (χ4v) is 1.45. The number of rotatable bonds is 4. The van der Waals surface area contributed by atoms with E-state index in [1.807, 2.05) is 12.1 Å². The van der Waals surface area contributed by atoms with Gasteiger partial charge in [0.15, 0.2) is 0 Å². The van der Waals surface area contributed by atoms with Gasteiger partial charge in [-0.2, -0.15) is 0 Å². The fraction of sp³-hybridized carbons (Fsp3) is 0.357. The smallest absolute Gasteiger partial charge is 0.119 e. The molecule has 15 heavy (non-hydrogen) atoms. The van der Waals surface area contributed by atoms with E-state index in [2.05, 4.69) is 39.5 Å². The van der Waals surface area contributed by atoms with Crippen molar-refractivity contribution in [3.8, 4) is 5.75 Å². The van der Waals surface area contributed by atoms with Crippen molar-refractivity contribution in [2.75, 3.05) is 7.11 Å². The summed E-state index contributed by atoms with van der Waals surface area (Å²) in [5, 5.41) is 0. The first-order valence-electron chi connectivity index (χ1n) is 5.23. The van der Waals surface area contributed by atoms with E-state index in [0.29, 0.717) is 5.92 Å². The van der Waals surface area contributed by atoms with Crippen LogP contribution in [-0.2, 0) is 0 Å². The largest absolute Gasteiger partial charge is 0.497 e. The van der Waals surface area contributed by atoms with Crippen LogP contribution in [0.4, 0.5) is 0 Å². The van der Waals surface area contributed by atoms with Gasteiger partial charge in [0.05, 0.1) is 7.11 Å². The molecular formula is C14H19O. The van der Waals surface area contributed by atoms with Gasteiger partial charge in [-0.25, -0.2) is 0 Å². The summed E-state index contributed by atoms with van der Waals surface area (Å²) >= 11 is 0. The Morgan fingerprint density at radius 1 is 1.20 bits per heavy atom. The summed E-state index contributed by atoms with van der Waals surface area (Å²) in [6.07, 6.45) is 1.85. The first-order valence-corrected chi connectivity index (χ1v) is 5.23.